The molecule has 128 valence electrons. The molecule has 1 aromatic heterocycles. The first-order valence-electron chi connectivity index (χ1n) is 6.74. The second kappa shape index (κ2) is 8.03. The first kappa shape index (κ1) is 18.1. The number of methoxy groups -OCH3 is 2. The van der Waals surface area contributed by atoms with Crippen molar-refractivity contribution in [1.29, 1.82) is 0 Å². The predicted molar refractivity (Wildman–Crippen MR) is 87.4 cm³/mol. The van der Waals surface area contributed by atoms with Gasteiger partial charge in [-0.05, 0) is 17.7 Å². The molecule has 0 radical (unpaired) electrons. The van der Waals surface area contributed by atoms with Gasteiger partial charge in [0.05, 0.1) is 20.3 Å². The SMILES string of the molecule is COc1cc(OC)nc(OC(Cc2c(Cl)cccc2Cl)C(=O)O)n1. The number of carboxylic acids is 1. The highest BCUT2D eigenvalue weighted by molar-refractivity contribution is 6.36. The quantitative estimate of drug-likeness (QED) is 0.798. The van der Waals surface area contributed by atoms with E-state index in [0.29, 0.717) is 15.6 Å². The standard InChI is InChI=1S/C15H14Cl2N2O5/c1-22-12-7-13(23-2)19-15(18-12)24-11(14(20)21)6-8-9(16)4-3-5-10(8)17/h3-5,7,11H,6H2,1-2H3,(H,20,21). The molecule has 0 saturated heterocycles. The highest BCUT2D eigenvalue weighted by atomic mass is 35.5. The molecule has 1 aromatic carbocycles. The van der Waals surface area contributed by atoms with Gasteiger partial charge < -0.3 is 19.3 Å². The molecular weight excluding hydrogens is 359 g/mol. The highest BCUT2D eigenvalue weighted by Gasteiger charge is 2.24. The number of ether oxygens (including phenoxy) is 3. The molecule has 0 saturated carbocycles. The molecule has 1 heterocycles. The van der Waals surface area contributed by atoms with Crippen molar-refractivity contribution in [3.63, 3.8) is 0 Å². The summed E-state index contributed by atoms with van der Waals surface area (Å²) in [6, 6.07) is 6.15. The fourth-order valence-corrected chi connectivity index (χ4v) is 2.42. The van der Waals surface area contributed by atoms with E-state index >= 15 is 0 Å². The number of nitrogens with zero attached hydrogens (tertiary/aromatic N) is 2. The zero-order valence-corrected chi connectivity index (χ0v) is 14.3. The second-order valence-electron chi connectivity index (χ2n) is 4.58. The maximum Gasteiger partial charge on any atom is 0.345 e. The molecule has 0 bridgehead atoms. The van der Waals surface area contributed by atoms with Gasteiger partial charge in [0.15, 0.2) is 0 Å². The van der Waals surface area contributed by atoms with Crippen molar-refractivity contribution < 1.29 is 24.1 Å². The summed E-state index contributed by atoms with van der Waals surface area (Å²) in [5.41, 5.74) is 0.461. The minimum atomic E-state index is -1.29. The molecule has 1 unspecified atom stereocenters. The Bertz CT molecular complexity index is 699. The van der Waals surface area contributed by atoms with Crippen LogP contribution >= 0.6 is 23.2 Å². The van der Waals surface area contributed by atoms with Gasteiger partial charge in [-0.1, -0.05) is 29.3 Å². The van der Waals surface area contributed by atoms with E-state index in [4.69, 9.17) is 37.4 Å². The van der Waals surface area contributed by atoms with Gasteiger partial charge in [-0.25, -0.2) is 4.79 Å². The Balaban J connectivity index is 2.28. The lowest BCUT2D eigenvalue weighted by Gasteiger charge is -2.16. The zero-order valence-electron chi connectivity index (χ0n) is 12.8. The maximum absolute atomic E-state index is 11.5. The van der Waals surface area contributed by atoms with Crippen LogP contribution in [-0.2, 0) is 11.2 Å². The van der Waals surface area contributed by atoms with Crippen LogP contribution in [0.1, 0.15) is 5.56 Å². The summed E-state index contributed by atoms with van der Waals surface area (Å²) < 4.78 is 15.4. The molecule has 24 heavy (non-hydrogen) atoms. The van der Waals surface area contributed by atoms with Crippen LogP contribution in [-0.4, -0.2) is 41.4 Å². The number of rotatable bonds is 7. The van der Waals surface area contributed by atoms with Crippen molar-refractivity contribution in [3.05, 3.63) is 39.9 Å². The molecule has 0 spiro atoms. The van der Waals surface area contributed by atoms with E-state index in [1.54, 1.807) is 18.2 Å². The van der Waals surface area contributed by atoms with Crippen LogP contribution in [0.4, 0.5) is 0 Å². The smallest absolute Gasteiger partial charge is 0.345 e. The van der Waals surface area contributed by atoms with Crippen molar-refractivity contribution >= 4 is 29.2 Å². The first-order valence-corrected chi connectivity index (χ1v) is 7.49. The van der Waals surface area contributed by atoms with Gasteiger partial charge in [-0.2, -0.15) is 9.97 Å². The third-order valence-corrected chi connectivity index (χ3v) is 3.76. The molecule has 0 aliphatic heterocycles. The summed E-state index contributed by atoms with van der Waals surface area (Å²) in [5.74, 6) is -0.857. The van der Waals surface area contributed by atoms with Crippen LogP contribution in [0.3, 0.4) is 0 Å². The average Bonchev–Trinajstić information content (AvgIpc) is 2.56. The lowest BCUT2D eigenvalue weighted by molar-refractivity contribution is -0.145. The van der Waals surface area contributed by atoms with Gasteiger partial charge in [0.25, 0.3) is 0 Å². The van der Waals surface area contributed by atoms with Gasteiger partial charge in [0, 0.05) is 16.5 Å². The number of halogens is 2. The molecule has 1 atom stereocenters. The fraction of sp³-hybridized carbons (Fsp3) is 0.267. The zero-order chi connectivity index (χ0) is 17.7. The van der Waals surface area contributed by atoms with E-state index < -0.39 is 12.1 Å². The van der Waals surface area contributed by atoms with Gasteiger partial charge in [-0.3, -0.25) is 0 Å². The summed E-state index contributed by atoms with van der Waals surface area (Å²) in [6.07, 6.45) is -1.35. The van der Waals surface area contributed by atoms with Gasteiger partial charge >= 0.3 is 12.0 Å². The van der Waals surface area contributed by atoms with Crippen LogP contribution in [0.2, 0.25) is 10.0 Å². The topological polar surface area (TPSA) is 90.8 Å². The minimum absolute atomic E-state index is 0.0588. The Kier molecular flexibility index (Phi) is 6.05. The van der Waals surface area contributed by atoms with E-state index in [2.05, 4.69) is 9.97 Å². The van der Waals surface area contributed by atoms with E-state index in [-0.39, 0.29) is 24.2 Å². The second-order valence-corrected chi connectivity index (χ2v) is 5.40. The van der Waals surface area contributed by atoms with Crippen LogP contribution in [0.25, 0.3) is 0 Å². The summed E-state index contributed by atoms with van der Waals surface area (Å²) in [5, 5.41) is 10.1. The van der Waals surface area contributed by atoms with E-state index in [0.717, 1.165) is 0 Å². The number of carboxylic acid groups (broad SMARTS) is 1. The minimum Gasteiger partial charge on any atom is -0.481 e. The van der Waals surface area contributed by atoms with Crippen molar-refractivity contribution in [1.82, 2.24) is 9.97 Å². The van der Waals surface area contributed by atoms with Crippen LogP contribution in [0, 0.1) is 0 Å². The number of hydrogen-bond acceptors (Lipinski definition) is 6. The molecule has 0 aliphatic carbocycles. The molecule has 0 aliphatic rings. The largest absolute Gasteiger partial charge is 0.481 e. The Morgan fingerprint density at radius 2 is 1.71 bits per heavy atom. The van der Waals surface area contributed by atoms with E-state index in [1.807, 2.05) is 0 Å². The summed E-state index contributed by atoms with van der Waals surface area (Å²) in [4.78, 5) is 19.4. The molecular formula is C15H14Cl2N2O5. The van der Waals surface area contributed by atoms with Crippen molar-refractivity contribution in [2.45, 2.75) is 12.5 Å². The van der Waals surface area contributed by atoms with Crippen molar-refractivity contribution in [3.8, 4) is 17.8 Å². The number of carbonyl (C=O) groups is 1. The van der Waals surface area contributed by atoms with Crippen LogP contribution < -0.4 is 14.2 Å². The van der Waals surface area contributed by atoms with E-state index in [1.165, 1.54) is 20.3 Å². The van der Waals surface area contributed by atoms with Gasteiger partial charge in [-0.15, -0.1) is 0 Å². The van der Waals surface area contributed by atoms with Crippen molar-refractivity contribution in [2.75, 3.05) is 14.2 Å². The molecule has 0 fully saturated rings. The molecule has 1 N–H and O–H groups in total. The average molecular weight is 373 g/mol. The normalized spacial score (nSPS) is 11.7. The molecule has 7 nitrogen and oxygen atoms in total. The number of aliphatic carboxylic acids is 1. The Morgan fingerprint density at radius 1 is 1.17 bits per heavy atom. The summed E-state index contributed by atoms with van der Waals surface area (Å²) in [7, 11) is 2.81. The number of hydrogen-bond donors (Lipinski definition) is 1. The monoisotopic (exact) mass is 372 g/mol. The molecule has 2 aromatic rings. The number of benzene rings is 1. The maximum atomic E-state index is 11.5. The van der Waals surface area contributed by atoms with Gasteiger partial charge in [0.2, 0.25) is 17.9 Å². The summed E-state index contributed by atoms with van der Waals surface area (Å²) in [6.45, 7) is 0. The Morgan fingerprint density at radius 3 is 2.17 bits per heavy atom. The molecule has 2 rings (SSSR count). The summed E-state index contributed by atoms with van der Waals surface area (Å²) >= 11 is 12.1. The Hall–Kier alpha value is -2.25. The lowest BCUT2D eigenvalue weighted by atomic mass is 10.1. The lowest BCUT2D eigenvalue weighted by Crippen LogP contribution is -2.30. The molecule has 9 heteroatoms. The fourth-order valence-electron chi connectivity index (χ4n) is 1.86. The predicted octanol–water partition coefficient (Wildman–Crippen LogP) is 2.88. The Labute approximate surface area is 148 Å². The third-order valence-electron chi connectivity index (χ3n) is 3.05. The first-order chi connectivity index (χ1) is 11.4. The van der Waals surface area contributed by atoms with Crippen LogP contribution in [0.5, 0.6) is 17.8 Å². The van der Waals surface area contributed by atoms with Crippen molar-refractivity contribution in [2.24, 2.45) is 0 Å². The van der Waals surface area contributed by atoms with Gasteiger partial charge in [0.1, 0.15) is 0 Å². The molecule has 0 amide bonds. The van der Waals surface area contributed by atoms with Crippen LogP contribution in [0.15, 0.2) is 24.3 Å². The number of aromatic nitrogens is 2. The third kappa shape index (κ3) is 4.39. The highest BCUT2D eigenvalue weighted by Crippen LogP contribution is 2.27. The van der Waals surface area contributed by atoms with E-state index in [9.17, 15) is 9.90 Å².